The Labute approximate surface area is 69.6 Å². The number of aliphatic hydroxyl groups excluding tert-OH is 1. The molecule has 0 radical (unpaired) electrons. The van der Waals surface area contributed by atoms with Gasteiger partial charge in [0.25, 0.3) is 0 Å². The molecule has 0 saturated carbocycles. The minimum absolute atomic E-state index is 0.239. The van der Waals surface area contributed by atoms with Gasteiger partial charge in [0.2, 0.25) is 0 Å². The number of hydrogen-bond donors (Lipinski definition) is 1. The molecule has 1 N–H and O–H groups in total. The van der Waals surface area contributed by atoms with Crippen molar-refractivity contribution in [2.45, 2.75) is 45.6 Å². The summed E-state index contributed by atoms with van der Waals surface area (Å²) in [4.78, 5) is 0. The van der Waals surface area contributed by atoms with Crippen LogP contribution in [0.15, 0.2) is 0 Å². The van der Waals surface area contributed by atoms with Gasteiger partial charge in [-0.25, -0.2) is 0 Å². The van der Waals surface area contributed by atoms with Crippen LogP contribution in [0.25, 0.3) is 0 Å². The highest BCUT2D eigenvalue weighted by molar-refractivity contribution is 4.53. The Hall–Kier alpha value is -0.0800. The van der Waals surface area contributed by atoms with Crippen molar-refractivity contribution in [2.75, 3.05) is 13.2 Å². The van der Waals surface area contributed by atoms with Crippen LogP contribution >= 0.6 is 0 Å². The van der Waals surface area contributed by atoms with Gasteiger partial charge in [0, 0.05) is 13.2 Å². The van der Waals surface area contributed by atoms with Crippen LogP contribution in [0.3, 0.4) is 0 Å². The first kappa shape index (κ1) is 10.9. The highest BCUT2D eigenvalue weighted by Crippen LogP contribution is 2.06. The average Bonchev–Trinajstić information content (AvgIpc) is 2.03. The zero-order valence-corrected chi connectivity index (χ0v) is 7.68. The van der Waals surface area contributed by atoms with E-state index in [4.69, 9.17) is 9.84 Å². The maximum Gasteiger partial charge on any atom is 0.0572 e. The van der Waals surface area contributed by atoms with E-state index >= 15 is 0 Å². The zero-order chi connectivity index (χ0) is 8.53. The molecular formula is C9H20O2. The Morgan fingerprint density at radius 3 is 2.55 bits per heavy atom. The normalized spacial score (nSPS) is 13.4. The Balaban J connectivity index is 3.20. The van der Waals surface area contributed by atoms with Crippen LogP contribution < -0.4 is 0 Å². The molecule has 0 rings (SSSR count). The van der Waals surface area contributed by atoms with Crippen molar-refractivity contribution >= 4 is 0 Å². The fourth-order valence-corrected chi connectivity index (χ4v) is 1.04. The molecule has 0 saturated heterocycles. The smallest absolute Gasteiger partial charge is 0.0572 e. The summed E-state index contributed by atoms with van der Waals surface area (Å²) in [6, 6.07) is 0. The largest absolute Gasteiger partial charge is 0.396 e. The van der Waals surface area contributed by atoms with Crippen LogP contribution in [0.2, 0.25) is 0 Å². The third-order valence-corrected chi connectivity index (χ3v) is 1.72. The van der Waals surface area contributed by atoms with E-state index in [1.807, 2.05) is 0 Å². The lowest BCUT2D eigenvalue weighted by Crippen LogP contribution is -2.12. The third-order valence-electron chi connectivity index (χ3n) is 1.72. The molecule has 68 valence electrons. The molecule has 0 aromatic carbocycles. The van der Waals surface area contributed by atoms with E-state index in [0.717, 1.165) is 19.3 Å². The Morgan fingerprint density at radius 1 is 1.36 bits per heavy atom. The van der Waals surface area contributed by atoms with Gasteiger partial charge in [-0.1, -0.05) is 20.3 Å². The van der Waals surface area contributed by atoms with E-state index in [1.165, 1.54) is 6.42 Å². The Kier molecular flexibility index (Phi) is 7.96. The summed E-state index contributed by atoms with van der Waals surface area (Å²) < 4.78 is 5.51. The van der Waals surface area contributed by atoms with Crippen LogP contribution in [0.1, 0.15) is 39.5 Å². The van der Waals surface area contributed by atoms with E-state index in [1.54, 1.807) is 0 Å². The second kappa shape index (κ2) is 8.02. The highest BCUT2D eigenvalue weighted by atomic mass is 16.5. The number of hydrogen-bond acceptors (Lipinski definition) is 2. The molecule has 0 aliphatic rings. The lowest BCUT2D eigenvalue weighted by molar-refractivity contribution is 0.0361. The van der Waals surface area contributed by atoms with E-state index in [0.29, 0.717) is 12.7 Å². The van der Waals surface area contributed by atoms with E-state index in [2.05, 4.69) is 13.8 Å². The number of aliphatic hydroxyl groups is 1. The molecule has 2 nitrogen and oxygen atoms in total. The summed E-state index contributed by atoms with van der Waals surface area (Å²) in [5.74, 6) is 0. The van der Waals surface area contributed by atoms with Crippen LogP contribution in [0.5, 0.6) is 0 Å². The number of ether oxygens (including phenoxy) is 1. The molecule has 0 heterocycles. The van der Waals surface area contributed by atoms with Gasteiger partial charge >= 0.3 is 0 Å². The van der Waals surface area contributed by atoms with Crippen molar-refractivity contribution in [3.63, 3.8) is 0 Å². The van der Waals surface area contributed by atoms with Crippen LogP contribution in [0, 0.1) is 0 Å². The second-order valence-electron chi connectivity index (χ2n) is 2.77. The van der Waals surface area contributed by atoms with Gasteiger partial charge in [-0.3, -0.25) is 0 Å². The molecule has 0 aromatic heterocycles. The maximum atomic E-state index is 8.50. The van der Waals surface area contributed by atoms with Gasteiger partial charge in [-0.05, 0) is 19.3 Å². The predicted molar refractivity (Wildman–Crippen MR) is 46.6 cm³/mol. The van der Waals surface area contributed by atoms with Gasteiger partial charge < -0.3 is 9.84 Å². The first-order valence-electron chi connectivity index (χ1n) is 4.57. The zero-order valence-electron chi connectivity index (χ0n) is 7.68. The lowest BCUT2D eigenvalue weighted by atomic mass is 10.2. The standard InChI is InChI=1S/C9H20O2/c1-3-6-9(4-2)11-8-5-7-10/h9-10H,3-8H2,1-2H3. The molecule has 0 amide bonds. The van der Waals surface area contributed by atoms with Crippen molar-refractivity contribution in [3.05, 3.63) is 0 Å². The van der Waals surface area contributed by atoms with Crippen molar-refractivity contribution in [2.24, 2.45) is 0 Å². The Bertz CT molecular complexity index is 74.0. The van der Waals surface area contributed by atoms with E-state index < -0.39 is 0 Å². The quantitative estimate of drug-likeness (QED) is 0.577. The topological polar surface area (TPSA) is 29.5 Å². The first-order chi connectivity index (χ1) is 5.35. The minimum atomic E-state index is 0.239. The van der Waals surface area contributed by atoms with Crippen LogP contribution in [-0.2, 0) is 4.74 Å². The van der Waals surface area contributed by atoms with Gasteiger partial charge in [0.1, 0.15) is 0 Å². The lowest BCUT2D eigenvalue weighted by Gasteiger charge is -2.14. The van der Waals surface area contributed by atoms with Gasteiger partial charge in [0.05, 0.1) is 6.10 Å². The summed E-state index contributed by atoms with van der Waals surface area (Å²) in [5, 5.41) is 8.50. The van der Waals surface area contributed by atoms with Crippen molar-refractivity contribution in [1.82, 2.24) is 0 Å². The molecular weight excluding hydrogens is 140 g/mol. The number of rotatable bonds is 7. The van der Waals surface area contributed by atoms with Gasteiger partial charge in [-0.15, -0.1) is 0 Å². The summed E-state index contributed by atoms with van der Waals surface area (Å²) >= 11 is 0. The molecule has 0 aliphatic carbocycles. The third kappa shape index (κ3) is 6.32. The fourth-order valence-electron chi connectivity index (χ4n) is 1.04. The van der Waals surface area contributed by atoms with E-state index in [-0.39, 0.29) is 6.61 Å². The summed E-state index contributed by atoms with van der Waals surface area (Å²) in [7, 11) is 0. The maximum absolute atomic E-state index is 8.50. The van der Waals surface area contributed by atoms with Crippen LogP contribution in [-0.4, -0.2) is 24.4 Å². The molecule has 1 unspecified atom stereocenters. The fraction of sp³-hybridized carbons (Fsp3) is 1.00. The SMILES string of the molecule is CCCC(CC)OCCCO. The molecule has 0 aliphatic heterocycles. The average molecular weight is 160 g/mol. The predicted octanol–water partition coefficient (Wildman–Crippen LogP) is 1.96. The summed E-state index contributed by atoms with van der Waals surface area (Å²) in [6.45, 7) is 5.24. The van der Waals surface area contributed by atoms with Crippen molar-refractivity contribution < 1.29 is 9.84 Å². The molecule has 1 atom stereocenters. The summed E-state index contributed by atoms with van der Waals surface area (Å²) in [6.07, 6.45) is 4.57. The Morgan fingerprint density at radius 2 is 2.09 bits per heavy atom. The second-order valence-corrected chi connectivity index (χ2v) is 2.77. The van der Waals surface area contributed by atoms with Crippen LogP contribution in [0.4, 0.5) is 0 Å². The molecule has 0 aromatic rings. The molecule has 0 bridgehead atoms. The van der Waals surface area contributed by atoms with E-state index in [9.17, 15) is 0 Å². The summed E-state index contributed by atoms with van der Waals surface area (Å²) in [5.41, 5.74) is 0. The van der Waals surface area contributed by atoms with Gasteiger partial charge in [-0.2, -0.15) is 0 Å². The molecule has 0 spiro atoms. The highest BCUT2D eigenvalue weighted by Gasteiger charge is 2.03. The first-order valence-corrected chi connectivity index (χ1v) is 4.57. The van der Waals surface area contributed by atoms with Crippen molar-refractivity contribution in [3.8, 4) is 0 Å². The monoisotopic (exact) mass is 160 g/mol. The molecule has 0 fully saturated rings. The molecule has 11 heavy (non-hydrogen) atoms. The van der Waals surface area contributed by atoms with Crippen molar-refractivity contribution in [1.29, 1.82) is 0 Å². The minimum Gasteiger partial charge on any atom is -0.396 e. The molecule has 2 heteroatoms. The van der Waals surface area contributed by atoms with Gasteiger partial charge in [0.15, 0.2) is 0 Å².